The molecular formula is C23H24N6O2. The molecule has 2 aromatic carbocycles. The molecule has 2 aromatic heterocycles. The molecule has 4 aromatic rings. The van der Waals surface area contributed by atoms with E-state index in [1.165, 1.54) is 12.8 Å². The van der Waals surface area contributed by atoms with Crippen LogP contribution in [0.4, 0.5) is 16.2 Å². The number of carbonyl (C=O) groups excluding carboxylic acids is 1. The highest BCUT2D eigenvalue weighted by atomic mass is 16.5. The van der Waals surface area contributed by atoms with E-state index in [4.69, 9.17) is 14.7 Å². The van der Waals surface area contributed by atoms with Crippen LogP contribution < -0.4 is 15.4 Å². The van der Waals surface area contributed by atoms with Crippen LogP contribution in [-0.2, 0) is 0 Å². The van der Waals surface area contributed by atoms with Gasteiger partial charge in [-0.2, -0.15) is 0 Å². The van der Waals surface area contributed by atoms with Crippen molar-refractivity contribution in [1.82, 2.24) is 19.9 Å². The second-order valence-corrected chi connectivity index (χ2v) is 8.56. The predicted molar refractivity (Wildman–Crippen MR) is 120 cm³/mol. The molecule has 2 fully saturated rings. The summed E-state index contributed by atoms with van der Waals surface area (Å²) in [6.45, 7) is 2.03. The number of imidazole rings is 2. The summed E-state index contributed by atoms with van der Waals surface area (Å²) in [7, 11) is 1.63. The van der Waals surface area contributed by atoms with E-state index < -0.39 is 0 Å². The molecule has 0 unspecified atom stereocenters. The van der Waals surface area contributed by atoms with Gasteiger partial charge in [0.15, 0.2) is 0 Å². The first kappa shape index (κ1) is 18.2. The second kappa shape index (κ2) is 6.73. The van der Waals surface area contributed by atoms with Crippen LogP contribution >= 0.6 is 0 Å². The highest BCUT2D eigenvalue weighted by Gasteiger charge is 2.29. The topological polar surface area (TPSA) is 108 Å². The fourth-order valence-electron chi connectivity index (χ4n) is 4.08. The Bertz CT molecular complexity index is 1330. The fraction of sp³-hybridized carbons (Fsp3) is 0.348. The number of nitrogens with zero attached hydrogens (tertiary/aromatic N) is 2. The van der Waals surface area contributed by atoms with Crippen LogP contribution in [0.25, 0.3) is 22.1 Å². The van der Waals surface area contributed by atoms with E-state index in [-0.39, 0.29) is 6.03 Å². The number of urea groups is 1. The van der Waals surface area contributed by atoms with Gasteiger partial charge in [0.2, 0.25) is 0 Å². The predicted octanol–water partition coefficient (Wildman–Crippen LogP) is 5.16. The van der Waals surface area contributed by atoms with Crippen molar-refractivity contribution in [3.05, 3.63) is 41.5 Å². The zero-order valence-corrected chi connectivity index (χ0v) is 17.5. The van der Waals surface area contributed by atoms with Gasteiger partial charge >= 0.3 is 6.03 Å². The third-order valence-electron chi connectivity index (χ3n) is 6.13. The van der Waals surface area contributed by atoms with Crippen molar-refractivity contribution < 1.29 is 9.53 Å². The van der Waals surface area contributed by atoms with Crippen molar-refractivity contribution in [2.45, 2.75) is 44.4 Å². The van der Waals surface area contributed by atoms with Crippen LogP contribution in [0.2, 0.25) is 0 Å². The summed E-state index contributed by atoms with van der Waals surface area (Å²) in [6.07, 6.45) is 4.62. The van der Waals surface area contributed by atoms with Crippen LogP contribution in [-0.4, -0.2) is 33.1 Å². The molecule has 31 heavy (non-hydrogen) atoms. The minimum Gasteiger partial charge on any atom is -0.494 e. The quantitative estimate of drug-likeness (QED) is 0.361. The van der Waals surface area contributed by atoms with E-state index in [0.29, 0.717) is 34.5 Å². The van der Waals surface area contributed by atoms with Crippen molar-refractivity contribution >= 4 is 39.5 Å². The van der Waals surface area contributed by atoms with E-state index in [2.05, 4.69) is 20.6 Å². The number of aromatic nitrogens is 4. The summed E-state index contributed by atoms with van der Waals surface area (Å²) in [5.74, 6) is 3.66. The molecule has 2 aliphatic rings. The Morgan fingerprint density at radius 1 is 0.903 bits per heavy atom. The molecule has 2 heterocycles. The lowest BCUT2D eigenvalue weighted by molar-refractivity contribution is 0.262. The SMILES string of the molecule is COc1ccc(NC(=O)Nc2ccc(C)c3nc(C4CC4)[nH]c23)c2nc(C3CC3)[nH]c12. The molecule has 0 spiro atoms. The zero-order valence-electron chi connectivity index (χ0n) is 17.5. The van der Waals surface area contributed by atoms with Crippen LogP contribution in [0.5, 0.6) is 5.75 Å². The minimum absolute atomic E-state index is 0.324. The first-order chi connectivity index (χ1) is 15.1. The van der Waals surface area contributed by atoms with Gasteiger partial charge in [0, 0.05) is 11.8 Å². The van der Waals surface area contributed by atoms with Gasteiger partial charge in [-0.05, 0) is 56.4 Å². The van der Waals surface area contributed by atoms with Gasteiger partial charge in [-0.15, -0.1) is 0 Å². The number of anilines is 2. The number of fused-ring (bicyclic) bond motifs is 2. The van der Waals surface area contributed by atoms with Crippen LogP contribution in [0.15, 0.2) is 24.3 Å². The average molecular weight is 416 g/mol. The van der Waals surface area contributed by atoms with Crippen LogP contribution in [0, 0.1) is 6.92 Å². The number of methoxy groups -OCH3 is 1. The lowest BCUT2D eigenvalue weighted by Gasteiger charge is -2.10. The van der Waals surface area contributed by atoms with E-state index in [0.717, 1.165) is 46.6 Å². The number of rotatable bonds is 5. The molecule has 2 amide bonds. The van der Waals surface area contributed by atoms with Crippen LogP contribution in [0.1, 0.15) is 54.7 Å². The van der Waals surface area contributed by atoms with Crippen molar-refractivity contribution in [3.8, 4) is 5.75 Å². The molecule has 2 aliphatic carbocycles. The summed E-state index contributed by atoms with van der Waals surface area (Å²) >= 11 is 0. The minimum atomic E-state index is -0.324. The Morgan fingerprint density at radius 2 is 1.52 bits per heavy atom. The summed E-state index contributed by atoms with van der Waals surface area (Å²) < 4.78 is 5.47. The van der Waals surface area contributed by atoms with Gasteiger partial charge in [0.25, 0.3) is 0 Å². The molecule has 8 nitrogen and oxygen atoms in total. The monoisotopic (exact) mass is 416 g/mol. The van der Waals surface area contributed by atoms with Crippen LogP contribution in [0.3, 0.4) is 0 Å². The van der Waals surface area contributed by atoms with Gasteiger partial charge in [-0.1, -0.05) is 6.07 Å². The number of carbonyl (C=O) groups is 1. The largest absolute Gasteiger partial charge is 0.494 e. The number of hydrogen-bond acceptors (Lipinski definition) is 4. The average Bonchev–Trinajstić information content (AvgIpc) is 3.70. The van der Waals surface area contributed by atoms with Gasteiger partial charge in [-0.3, -0.25) is 0 Å². The Morgan fingerprint density at radius 3 is 2.19 bits per heavy atom. The normalized spacial score (nSPS) is 16.1. The van der Waals surface area contributed by atoms with Gasteiger partial charge in [0.05, 0.1) is 29.5 Å². The summed E-state index contributed by atoms with van der Waals surface area (Å²) in [5, 5.41) is 5.93. The van der Waals surface area contributed by atoms with E-state index >= 15 is 0 Å². The summed E-state index contributed by atoms with van der Waals surface area (Å²) in [5.41, 5.74) is 5.74. The number of benzene rings is 2. The molecule has 0 atom stereocenters. The lowest BCUT2D eigenvalue weighted by atomic mass is 10.2. The Kier molecular flexibility index (Phi) is 3.96. The number of nitrogens with one attached hydrogen (secondary N) is 4. The van der Waals surface area contributed by atoms with Crippen molar-refractivity contribution in [1.29, 1.82) is 0 Å². The highest BCUT2D eigenvalue weighted by Crippen LogP contribution is 2.42. The molecule has 0 saturated heterocycles. The number of hydrogen-bond donors (Lipinski definition) is 4. The lowest BCUT2D eigenvalue weighted by Crippen LogP contribution is -2.20. The molecule has 2 saturated carbocycles. The first-order valence-corrected chi connectivity index (χ1v) is 10.7. The molecule has 6 rings (SSSR count). The maximum atomic E-state index is 12.9. The number of amides is 2. The first-order valence-electron chi connectivity index (χ1n) is 10.7. The smallest absolute Gasteiger partial charge is 0.323 e. The van der Waals surface area contributed by atoms with E-state index in [1.54, 1.807) is 7.11 Å². The van der Waals surface area contributed by atoms with Crippen molar-refractivity contribution in [2.24, 2.45) is 0 Å². The number of ether oxygens (including phenoxy) is 1. The Hall–Kier alpha value is -3.55. The molecule has 158 valence electrons. The van der Waals surface area contributed by atoms with Gasteiger partial charge in [0.1, 0.15) is 28.4 Å². The standard InChI is InChI=1S/C23H24N6O2/c1-11-3-8-14(18-17(11)26-21(27-18)12-4-5-12)24-23(30)25-15-9-10-16(31-2)20-19(15)28-22(29-20)13-6-7-13/h3,8-10,12-13H,4-7H2,1-2H3,(H,26,27)(H,28,29)(H2,24,25,30). The number of H-pyrrole nitrogens is 2. The molecule has 0 aliphatic heterocycles. The number of aromatic amines is 2. The summed E-state index contributed by atoms with van der Waals surface area (Å²) in [4.78, 5) is 29.2. The third-order valence-corrected chi connectivity index (χ3v) is 6.13. The molecule has 0 radical (unpaired) electrons. The van der Waals surface area contributed by atoms with E-state index in [9.17, 15) is 4.79 Å². The maximum absolute atomic E-state index is 12.9. The Labute approximate surface area is 178 Å². The molecule has 8 heteroatoms. The maximum Gasteiger partial charge on any atom is 0.323 e. The van der Waals surface area contributed by atoms with Gasteiger partial charge in [-0.25, -0.2) is 14.8 Å². The highest BCUT2D eigenvalue weighted by molar-refractivity contribution is 6.08. The molecular weight excluding hydrogens is 392 g/mol. The van der Waals surface area contributed by atoms with Gasteiger partial charge < -0.3 is 25.3 Å². The van der Waals surface area contributed by atoms with Crippen molar-refractivity contribution in [3.63, 3.8) is 0 Å². The van der Waals surface area contributed by atoms with Crippen molar-refractivity contribution in [2.75, 3.05) is 17.7 Å². The van der Waals surface area contributed by atoms with E-state index in [1.807, 2.05) is 31.2 Å². The fourth-order valence-corrected chi connectivity index (χ4v) is 4.08. The number of aryl methyl sites for hydroxylation is 1. The Balaban J connectivity index is 1.30. The zero-order chi connectivity index (χ0) is 21.1. The third kappa shape index (κ3) is 3.19. The second-order valence-electron chi connectivity index (χ2n) is 8.56. The molecule has 4 N–H and O–H groups in total. The summed E-state index contributed by atoms with van der Waals surface area (Å²) in [6, 6.07) is 7.24. The molecule has 0 bridgehead atoms.